The third kappa shape index (κ3) is 5.64. The molecule has 0 saturated heterocycles. The van der Waals surface area contributed by atoms with E-state index in [2.05, 4.69) is 44.0 Å². The van der Waals surface area contributed by atoms with Gasteiger partial charge in [0.2, 0.25) is 0 Å². The van der Waals surface area contributed by atoms with E-state index in [1.165, 1.54) is 7.11 Å². The summed E-state index contributed by atoms with van der Waals surface area (Å²) in [5.41, 5.74) is 6.58. The zero-order valence-electron chi connectivity index (χ0n) is 28.6. The summed E-state index contributed by atoms with van der Waals surface area (Å²) in [4.78, 5) is 42.4. The number of amides is 1. The first-order valence-corrected chi connectivity index (χ1v) is 17.0. The number of carbonyl (C=O) groups is 3. The van der Waals surface area contributed by atoms with Crippen LogP contribution < -0.4 is 10.2 Å². The molecule has 3 aromatic carbocycles. The number of ketones is 1. The number of ether oxygens (including phenoxy) is 1. The van der Waals surface area contributed by atoms with Crippen LogP contribution in [0.15, 0.2) is 65.1 Å². The molecular formula is C40H46N2O5. The second-order valence-corrected chi connectivity index (χ2v) is 13.8. The number of carbonyl (C=O) groups excluding carboxylic acids is 3. The molecule has 1 heterocycles. The first kappa shape index (κ1) is 32.5. The number of rotatable bonds is 10. The van der Waals surface area contributed by atoms with Gasteiger partial charge in [0, 0.05) is 59.4 Å². The van der Waals surface area contributed by atoms with E-state index in [-0.39, 0.29) is 41.0 Å². The fourth-order valence-corrected chi connectivity index (χ4v) is 8.01. The van der Waals surface area contributed by atoms with Crippen molar-refractivity contribution in [1.29, 1.82) is 0 Å². The summed E-state index contributed by atoms with van der Waals surface area (Å²) in [6.45, 7) is 14.2. The van der Waals surface area contributed by atoms with E-state index in [1.807, 2.05) is 68.4 Å². The highest BCUT2D eigenvalue weighted by Crippen LogP contribution is 2.60. The Kier molecular flexibility index (Phi) is 8.77. The molecule has 4 atom stereocenters. The molecule has 2 bridgehead atoms. The molecule has 7 nitrogen and oxygen atoms in total. The first-order valence-electron chi connectivity index (χ1n) is 17.0. The number of benzene rings is 3. The number of aryl methyl sites for hydroxylation is 1. The molecule has 7 rings (SSSR count). The van der Waals surface area contributed by atoms with Gasteiger partial charge in [0.15, 0.2) is 5.78 Å². The van der Waals surface area contributed by atoms with Gasteiger partial charge in [0.05, 0.1) is 18.6 Å². The normalized spacial score (nSPS) is 21.2. The fraction of sp³-hybridized carbons (Fsp3) is 0.425. The Bertz CT molecular complexity index is 1830. The van der Waals surface area contributed by atoms with E-state index in [0.717, 1.165) is 59.3 Å². The Morgan fingerprint density at radius 2 is 1.68 bits per heavy atom. The van der Waals surface area contributed by atoms with Crippen LogP contribution in [0.4, 0.5) is 5.69 Å². The molecular weight excluding hydrogens is 588 g/mol. The Balaban J connectivity index is 1.43. The quantitative estimate of drug-likeness (QED) is 0.139. The smallest absolute Gasteiger partial charge is 0.310 e. The maximum atomic E-state index is 13.9. The fourth-order valence-electron chi connectivity index (χ4n) is 8.01. The number of esters is 1. The van der Waals surface area contributed by atoms with E-state index in [1.54, 1.807) is 0 Å². The largest absolute Gasteiger partial charge is 0.469 e. The molecule has 4 aromatic rings. The SMILES string of the molecule is CCC(=O)c1c(-c2ccc(C)cc2)oc2cc(N(CC)CC)c(-c3cccc(C(=O)N[C@H]4[C@@H](C(=O)OC)C[C@H]5C[C@@H]4C5(C)C)c3)cc12. The molecule has 3 fully saturated rings. The lowest BCUT2D eigenvalue weighted by molar-refractivity contribution is -0.164. The van der Waals surface area contributed by atoms with Crippen molar-refractivity contribution in [2.45, 2.75) is 66.8 Å². The topological polar surface area (TPSA) is 88.9 Å². The van der Waals surface area contributed by atoms with Gasteiger partial charge in [-0.1, -0.05) is 62.7 Å². The van der Waals surface area contributed by atoms with Crippen molar-refractivity contribution in [3.8, 4) is 22.5 Å². The van der Waals surface area contributed by atoms with Gasteiger partial charge >= 0.3 is 5.97 Å². The highest BCUT2D eigenvalue weighted by atomic mass is 16.5. The summed E-state index contributed by atoms with van der Waals surface area (Å²) in [7, 11) is 1.42. The standard InChI is InChI=1S/C40H46N2O5/c1-8-33(43)35-29-21-28(32(42(9-2)10-3)22-34(29)47-37(35)24-16-14-23(4)15-17-24)25-12-11-13-26(18-25)38(44)41-36-30(39(45)46-7)19-27-20-31(36)40(27,5)6/h11-18,21-22,27,30-31,36H,8-10,19-20H2,1-7H3,(H,41,44)/t27-,30-,31-,36-/m0/s1. The van der Waals surface area contributed by atoms with Crippen LogP contribution in [0.1, 0.15) is 80.2 Å². The molecule has 3 saturated carbocycles. The number of fused-ring (bicyclic) bond motifs is 3. The van der Waals surface area contributed by atoms with Crippen LogP contribution in [0.5, 0.6) is 0 Å². The van der Waals surface area contributed by atoms with E-state index >= 15 is 0 Å². The highest BCUT2D eigenvalue weighted by Gasteiger charge is 2.60. The van der Waals surface area contributed by atoms with E-state index < -0.39 is 0 Å². The van der Waals surface area contributed by atoms with Crippen molar-refractivity contribution >= 4 is 34.3 Å². The molecule has 47 heavy (non-hydrogen) atoms. The van der Waals surface area contributed by atoms with Gasteiger partial charge in [-0.3, -0.25) is 14.4 Å². The van der Waals surface area contributed by atoms with E-state index in [9.17, 15) is 14.4 Å². The number of Topliss-reactive ketones (excluding diaryl/α,β-unsaturated/α-hetero) is 1. The van der Waals surface area contributed by atoms with Crippen LogP contribution >= 0.6 is 0 Å². The van der Waals surface area contributed by atoms with Gasteiger partial charge in [-0.15, -0.1) is 0 Å². The second-order valence-electron chi connectivity index (χ2n) is 13.8. The Morgan fingerprint density at radius 3 is 2.32 bits per heavy atom. The lowest BCUT2D eigenvalue weighted by atomic mass is 9.45. The van der Waals surface area contributed by atoms with Crippen LogP contribution in [0, 0.1) is 30.1 Å². The molecule has 7 heteroatoms. The van der Waals surface area contributed by atoms with Gasteiger partial charge in [-0.05, 0) is 74.6 Å². The number of nitrogens with zero attached hydrogens (tertiary/aromatic N) is 1. The second kappa shape index (κ2) is 12.7. The molecule has 3 aliphatic carbocycles. The monoisotopic (exact) mass is 634 g/mol. The lowest BCUT2D eigenvalue weighted by Crippen LogP contribution is -2.64. The minimum absolute atomic E-state index is 0.0165. The number of hydrogen-bond acceptors (Lipinski definition) is 6. The minimum Gasteiger partial charge on any atom is -0.469 e. The number of nitrogens with one attached hydrogen (secondary N) is 1. The van der Waals surface area contributed by atoms with Crippen LogP contribution in [0.2, 0.25) is 0 Å². The Labute approximate surface area is 277 Å². The van der Waals surface area contributed by atoms with Crippen molar-refractivity contribution < 1.29 is 23.5 Å². The number of anilines is 1. The molecule has 246 valence electrons. The molecule has 1 N–H and O–H groups in total. The molecule has 1 aromatic heterocycles. The third-order valence-corrected chi connectivity index (χ3v) is 11.0. The Hall–Kier alpha value is -4.39. The van der Waals surface area contributed by atoms with Crippen molar-refractivity contribution in [1.82, 2.24) is 5.32 Å². The molecule has 3 aliphatic rings. The van der Waals surface area contributed by atoms with Crippen LogP contribution in [-0.2, 0) is 9.53 Å². The van der Waals surface area contributed by atoms with Gasteiger partial charge < -0.3 is 19.4 Å². The Morgan fingerprint density at radius 1 is 0.957 bits per heavy atom. The average Bonchev–Trinajstić information content (AvgIpc) is 3.46. The summed E-state index contributed by atoms with van der Waals surface area (Å²) in [6, 6.07) is 19.5. The molecule has 0 unspecified atom stereocenters. The van der Waals surface area contributed by atoms with E-state index in [0.29, 0.717) is 34.8 Å². The van der Waals surface area contributed by atoms with Gasteiger partial charge in [0.25, 0.3) is 5.91 Å². The summed E-state index contributed by atoms with van der Waals surface area (Å²) >= 11 is 0. The highest BCUT2D eigenvalue weighted by molar-refractivity contribution is 6.13. The van der Waals surface area contributed by atoms with Crippen LogP contribution in [-0.4, -0.2) is 43.9 Å². The van der Waals surface area contributed by atoms with Crippen molar-refractivity contribution in [2.75, 3.05) is 25.1 Å². The lowest BCUT2D eigenvalue weighted by Gasteiger charge is -2.61. The first-order chi connectivity index (χ1) is 22.5. The van der Waals surface area contributed by atoms with Gasteiger partial charge in [0.1, 0.15) is 11.3 Å². The summed E-state index contributed by atoms with van der Waals surface area (Å²) < 4.78 is 11.6. The van der Waals surface area contributed by atoms with Crippen molar-refractivity contribution in [3.63, 3.8) is 0 Å². The predicted octanol–water partition coefficient (Wildman–Crippen LogP) is 8.47. The van der Waals surface area contributed by atoms with Crippen LogP contribution in [0.3, 0.4) is 0 Å². The molecule has 0 radical (unpaired) electrons. The van der Waals surface area contributed by atoms with Gasteiger partial charge in [-0.25, -0.2) is 0 Å². The van der Waals surface area contributed by atoms with E-state index in [4.69, 9.17) is 9.15 Å². The molecule has 0 aliphatic heterocycles. The maximum Gasteiger partial charge on any atom is 0.310 e. The van der Waals surface area contributed by atoms with Gasteiger partial charge in [-0.2, -0.15) is 0 Å². The van der Waals surface area contributed by atoms with Crippen molar-refractivity contribution in [3.05, 3.63) is 77.4 Å². The zero-order chi connectivity index (χ0) is 33.6. The molecule has 1 amide bonds. The predicted molar refractivity (Wildman–Crippen MR) is 187 cm³/mol. The maximum absolute atomic E-state index is 13.9. The number of hydrogen-bond donors (Lipinski definition) is 1. The molecule has 0 spiro atoms. The average molecular weight is 635 g/mol. The summed E-state index contributed by atoms with van der Waals surface area (Å²) in [5.74, 6) is 0.462. The summed E-state index contributed by atoms with van der Waals surface area (Å²) in [5, 5.41) is 4.02. The summed E-state index contributed by atoms with van der Waals surface area (Å²) in [6.07, 6.45) is 2.08. The van der Waals surface area contributed by atoms with Crippen LogP contribution in [0.25, 0.3) is 33.4 Å². The third-order valence-electron chi connectivity index (χ3n) is 11.0. The number of methoxy groups -OCH3 is 1. The van der Waals surface area contributed by atoms with Crippen molar-refractivity contribution in [2.24, 2.45) is 23.2 Å². The minimum atomic E-state index is -0.348. The number of furan rings is 1. The zero-order valence-corrected chi connectivity index (χ0v) is 28.6.